The van der Waals surface area contributed by atoms with Crippen LogP contribution in [0.4, 0.5) is 0 Å². The second-order valence-corrected chi connectivity index (χ2v) is 9.24. The van der Waals surface area contributed by atoms with Gasteiger partial charge in [0.15, 0.2) is 5.82 Å². The number of nitrogens with zero attached hydrogens (tertiary/aromatic N) is 5. The molecular formula is C25H28N6O3. The maximum atomic E-state index is 12.6. The predicted octanol–water partition coefficient (Wildman–Crippen LogP) is 4.33. The van der Waals surface area contributed by atoms with Crippen molar-refractivity contribution in [2.45, 2.75) is 52.7 Å². The van der Waals surface area contributed by atoms with Crippen molar-refractivity contribution in [2.24, 2.45) is 0 Å². The standard InChI is InChI=1S/C25H28N6O3/c1-16(2)33-19-8-6-17(7-9-19)13-27-22(32)20-14-31(15-28-20)21-12-18(10-11-26-21)23-29-24(30-34-23)25(3,4)5/h6-12,14-16H,13H2,1-5H3,(H,27,32). The molecule has 3 aromatic heterocycles. The number of ether oxygens (including phenoxy) is 1. The first-order valence-corrected chi connectivity index (χ1v) is 11.1. The van der Waals surface area contributed by atoms with Crippen molar-refractivity contribution in [1.29, 1.82) is 0 Å². The van der Waals surface area contributed by atoms with Crippen LogP contribution in [0, 0.1) is 0 Å². The fourth-order valence-electron chi connectivity index (χ4n) is 3.13. The van der Waals surface area contributed by atoms with E-state index in [2.05, 4.69) is 25.4 Å². The molecule has 1 aromatic carbocycles. The average Bonchev–Trinajstić information content (AvgIpc) is 3.48. The number of carbonyl (C=O) groups excluding carboxylic acids is 1. The minimum atomic E-state index is -0.274. The van der Waals surface area contributed by atoms with Crippen LogP contribution in [-0.2, 0) is 12.0 Å². The molecule has 0 aliphatic carbocycles. The topological polar surface area (TPSA) is 108 Å². The fraction of sp³-hybridized carbons (Fsp3) is 0.320. The number of rotatable bonds is 7. The van der Waals surface area contributed by atoms with Gasteiger partial charge in [0.25, 0.3) is 11.8 Å². The van der Waals surface area contributed by atoms with Crippen LogP contribution >= 0.6 is 0 Å². The summed E-state index contributed by atoms with van der Waals surface area (Å²) < 4.78 is 12.7. The number of aromatic nitrogens is 5. The molecule has 0 aliphatic heterocycles. The van der Waals surface area contributed by atoms with E-state index in [0.29, 0.717) is 29.8 Å². The molecule has 9 heteroatoms. The molecule has 1 N–H and O–H groups in total. The molecule has 0 saturated heterocycles. The Balaban J connectivity index is 1.42. The zero-order chi connectivity index (χ0) is 24.3. The lowest BCUT2D eigenvalue weighted by Gasteiger charge is -2.10. The number of nitrogens with one attached hydrogen (secondary N) is 1. The summed E-state index contributed by atoms with van der Waals surface area (Å²) in [5.41, 5.74) is 1.78. The summed E-state index contributed by atoms with van der Waals surface area (Å²) in [6.45, 7) is 10.4. The van der Waals surface area contributed by atoms with Crippen molar-refractivity contribution in [1.82, 2.24) is 30.0 Å². The molecule has 0 atom stereocenters. The lowest BCUT2D eigenvalue weighted by atomic mass is 9.96. The van der Waals surface area contributed by atoms with Crippen LogP contribution in [0.15, 0.2) is 59.6 Å². The SMILES string of the molecule is CC(C)Oc1ccc(CNC(=O)c2cn(-c3cc(-c4nc(C(C)(C)C)no4)ccn3)cn2)cc1. The van der Waals surface area contributed by atoms with E-state index < -0.39 is 0 Å². The van der Waals surface area contributed by atoms with Crippen molar-refractivity contribution in [3.05, 3.63) is 72.2 Å². The second-order valence-electron chi connectivity index (χ2n) is 9.24. The molecular weight excluding hydrogens is 432 g/mol. The Labute approximate surface area is 198 Å². The average molecular weight is 461 g/mol. The first-order valence-electron chi connectivity index (χ1n) is 11.1. The Bertz CT molecular complexity index is 1270. The molecule has 176 valence electrons. The lowest BCUT2D eigenvalue weighted by molar-refractivity contribution is 0.0946. The molecule has 0 bridgehead atoms. The van der Waals surface area contributed by atoms with Crippen molar-refractivity contribution >= 4 is 5.91 Å². The van der Waals surface area contributed by atoms with Gasteiger partial charge >= 0.3 is 0 Å². The van der Waals surface area contributed by atoms with E-state index in [0.717, 1.165) is 16.9 Å². The maximum Gasteiger partial charge on any atom is 0.271 e. The molecule has 34 heavy (non-hydrogen) atoms. The minimum absolute atomic E-state index is 0.115. The van der Waals surface area contributed by atoms with E-state index in [-0.39, 0.29) is 17.4 Å². The van der Waals surface area contributed by atoms with Crippen LogP contribution in [0.3, 0.4) is 0 Å². The lowest BCUT2D eigenvalue weighted by Crippen LogP contribution is -2.23. The third-order valence-electron chi connectivity index (χ3n) is 4.92. The van der Waals surface area contributed by atoms with Crippen LogP contribution in [0.1, 0.15) is 56.5 Å². The normalized spacial score (nSPS) is 11.6. The third kappa shape index (κ3) is 5.48. The smallest absolute Gasteiger partial charge is 0.271 e. The largest absolute Gasteiger partial charge is 0.491 e. The number of hydrogen-bond acceptors (Lipinski definition) is 7. The Morgan fingerprint density at radius 2 is 1.91 bits per heavy atom. The quantitative estimate of drug-likeness (QED) is 0.437. The van der Waals surface area contributed by atoms with Crippen LogP contribution in [0.5, 0.6) is 5.75 Å². The highest BCUT2D eigenvalue weighted by Crippen LogP contribution is 2.24. The molecule has 0 fully saturated rings. The number of amides is 1. The first kappa shape index (κ1) is 23.2. The zero-order valence-electron chi connectivity index (χ0n) is 19.9. The summed E-state index contributed by atoms with van der Waals surface area (Å²) in [6, 6.07) is 11.2. The van der Waals surface area contributed by atoms with Gasteiger partial charge in [-0.25, -0.2) is 9.97 Å². The summed E-state index contributed by atoms with van der Waals surface area (Å²) in [6.07, 6.45) is 4.95. The Morgan fingerprint density at radius 1 is 1.15 bits per heavy atom. The van der Waals surface area contributed by atoms with Gasteiger partial charge in [0.1, 0.15) is 23.6 Å². The monoisotopic (exact) mass is 460 g/mol. The molecule has 0 aliphatic rings. The van der Waals surface area contributed by atoms with E-state index in [1.807, 2.05) is 65.0 Å². The third-order valence-corrected chi connectivity index (χ3v) is 4.92. The van der Waals surface area contributed by atoms with Gasteiger partial charge in [0.05, 0.1) is 6.10 Å². The number of benzene rings is 1. The van der Waals surface area contributed by atoms with E-state index in [4.69, 9.17) is 9.26 Å². The highest BCUT2D eigenvalue weighted by atomic mass is 16.5. The number of pyridine rings is 1. The van der Waals surface area contributed by atoms with E-state index in [1.54, 1.807) is 29.4 Å². The Kier molecular flexibility index (Phi) is 6.45. The minimum Gasteiger partial charge on any atom is -0.491 e. The van der Waals surface area contributed by atoms with Gasteiger partial charge in [-0.05, 0) is 43.7 Å². The number of hydrogen-bond donors (Lipinski definition) is 1. The van der Waals surface area contributed by atoms with Crippen molar-refractivity contribution < 1.29 is 14.1 Å². The van der Waals surface area contributed by atoms with Crippen molar-refractivity contribution in [3.63, 3.8) is 0 Å². The number of imidazole rings is 1. The summed E-state index contributed by atoms with van der Waals surface area (Å²) in [7, 11) is 0. The van der Waals surface area contributed by atoms with Crippen LogP contribution in [-0.4, -0.2) is 36.7 Å². The van der Waals surface area contributed by atoms with E-state index in [1.165, 1.54) is 0 Å². The summed E-state index contributed by atoms with van der Waals surface area (Å²) in [4.78, 5) is 25.7. The molecule has 0 saturated carbocycles. The highest BCUT2D eigenvalue weighted by Gasteiger charge is 2.22. The molecule has 1 amide bonds. The van der Waals surface area contributed by atoms with Gasteiger partial charge in [-0.1, -0.05) is 38.1 Å². The van der Waals surface area contributed by atoms with Gasteiger partial charge in [-0.2, -0.15) is 4.98 Å². The molecule has 0 radical (unpaired) electrons. The molecule has 4 aromatic rings. The molecule has 3 heterocycles. The maximum absolute atomic E-state index is 12.6. The Morgan fingerprint density at radius 3 is 2.59 bits per heavy atom. The van der Waals surface area contributed by atoms with Gasteiger partial charge in [0, 0.05) is 29.9 Å². The van der Waals surface area contributed by atoms with Gasteiger partial charge < -0.3 is 14.6 Å². The van der Waals surface area contributed by atoms with Crippen molar-refractivity contribution in [2.75, 3.05) is 0 Å². The Hall–Kier alpha value is -4.01. The fourth-order valence-corrected chi connectivity index (χ4v) is 3.13. The first-order chi connectivity index (χ1) is 16.2. The molecule has 4 rings (SSSR count). The van der Waals surface area contributed by atoms with E-state index in [9.17, 15) is 4.79 Å². The van der Waals surface area contributed by atoms with Crippen molar-refractivity contribution in [3.8, 4) is 23.0 Å². The van der Waals surface area contributed by atoms with Crippen LogP contribution < -0.4 is 10.1 Å². The van der Waals surface area contributed by atoms with Gasteiger partial charge in [0.2, 0.25) is 0 Å². The molecule has 0 spiro atoms. The van der Waals surface area contributed by atoms with Crippen LogP contribution in [0.25, 0.3) is 17.3 Å². The second kappa shape index (κ2) is 9.46. The van der Waals surface area contributed by atoms with Gasteiger partial charge in [-0.3, -0.25) is 9.36 Å². The number of carbonyl (C=O) groups is 1. The van der Waals surface area contributed by atoms with Crippen LogP contribution in [0.2, 0.25) is 0 Å². The van der Waals surface area contributed by atoms with E-state index >= 15 is 0 Å². The highest BCUT2D eigenvalue weighted by molar-refractivity contribution is 5.92. The van der Waals surface area contributed by atoms with Gasteiger partial charge in [-0.15, -0.1) is 0 Å². The zero-order valence-corrected chi connectivity index (χ0v) is 19.9. The summed E-state index contributed by atoms with van der Waals surface area (Å²) in [5, 5.41) is 6.96. The summed E-state index contributed by atoms with van der Waals surface area (Å²) in [5.74, 6) is 2.15. The summed E-state index contributed by atoms with van der Waals surface area (Å²) >= 11 is 0. The molecule has 9 nitrogen and oxygen atoms in total. The molecule has 0 unspecified atom stereocenters. The predicted molar refractivity (Wildman–Crippen MR) is 127 cm³/mol.